The van der Waals surface area contributed by atoms with E-state index in [0.29, 0.717) is 11.1 Å². The van der Waals surface area contributed by atoms with Gasteiger partial charge in [0.1, 0.15) is 11.3 Å². The number of rotatable bonds is 4. The van der Waals surface area contributed by atoms with Crippen LogP contribution < -0.4 is 16.7 Å². The maximum Gasteiger partial charge on any atom is 0.335 e. The number of phenols is 1. The summed E-state index contributed by atoms with van der Waals surface area (Å²) in [6.07, 6.45) is 0.924. The maximum absolute atomic E-state index is 12.5. The Bertz CT molecular complexity index is 1450. The van der Waals surface area contributed by atoms with Gasteiger partial charge >= 0.3 is 5.69 Å². The number of aromatic nitrogens is 2. The van der Waals surface area contributed by atoms with Gasteiger partial charge in [-0.3, -0.25) is 14.6 Å². The number of carbonyl (C=O) groups excluding carboxylic acids is 1. The highest BCUT2D eigenvalue weighted by Gasteiger charge is 2.16. The number of nitrogens with zero attached hydrogens (tertiary/aromatic N) is 2. The van der Waals surface area contributed by atoms with Gasteiger partial charge in [0.05, 0.1) is 17.5 Å². The number of nitrogens with one attached hydrogen (secondary N) is 2. The van der Waals surface area contributed by atoms with Gasteiger partial charge in [-0.1, -0.05) is 48.5 Å². The number of aromatic hydroxyl groups is 2. The van der Waals surface area contributed by atoms with Crippen molar-refractivity contribution < 1.29 is 15.0 Å². The van der Waals surface area contributed by atoms with E-state index in [1.54, 1.807) is 36.4 Å². The van der Waals surface area contributed by atoms with Crippen molar-refractivity contribution in [1.82, 2.24) is 15.0 Å². The lowest BCUT2D eigenvalue weighted by Gasteiger charge is -2.12. The summed E-state index contributed by atoms with van der Waals surface area (Å²) in [6, 6.07) is 18.3. The fraction of sp³-hybridized carbons (Fsp3) is 0. The number of H-pyrrole nitrogens is 1. The number of benzene rings is 3. The third kappa shape index (κ3) is 3.67. The van der Waals surface area contributed by atoms with Crippen LogP contribution in [0.5, 0.6) is 11.6 Å². The summed E-state index contributed by atoms with van der Waals surface area (Å²) in [5, 5.41) is 25.6. The first-order chi connectivity index (χ1) is 15.0. The Kier molecular flexibility index (Phi) is 5.07. The van der Waals surface area contributed by atoms with Gasteiger partial charge in [-0.05, 0) is 23.6 Å². The predicted octanol–water partition coefficient (Wildman–Crippen LogP) is 1.85. The van der Waals surface area contributed by atoms with E-state index in [2.05, 4.69) is 15.5 Å². The molecule has 154 valence electrons. The van der Waals surface area contributed by atoms with Gasteiger partial charge in [-0.25, -0.2) is 14.8 Å². The van der Waals surface area contributed by atoms with Gasteiger partial charge in [0, 0.05) is 5.39 Å². The van der Waals surface area contributed by atoms with E-state index in [-0.39, 0.29) is 16.9 Å². The molecule has 31 heavy (non-hydrogen) atoms. The van der Waals surface area contributed by atoms with Gasteiger partial charge in [-0.15, -0.1) is 0 Å². The van der Waals surface area contributed by atoms with Crippen LogP contribution in [0, 0.1) is 0 Å². The molecule has 1 amide bonds. The van der Waals surface area contributed by atoms with Gasteiger partial charge < -0.3 is 10.2 Å². The second-order valence-electron chi connectivity index (χ2n) is 6.55. The lowest BCUT2D eigenvalue weighted by atomic mass is 10.1. The Morgan fingerprint density at radius 2 is 1.68 bits per heavy atom. The zero-order valence-corrected chi connectivity index (χ0v) is 15.9. The molecular formula is C22H16N4O5. The third-order valence-corrected chi connectivity index (χ3v) is 4.64. The lowest BCUT2D eigenvalue weighted by Crippen LogP contribution is -2.31. The molecule has 4 aromatic rings. The molecule has 0 aliphatic carbocycles. The normalized spacial score (nSPS) is 11.1. The summed E-state index contributed by atoms with van der Waals surface area (Å²) in [7, 11) is 0. The van der Waals surface area contributed by atoms with Crippen molar-refractivity contribution in [1.29, 1.82) is 0 Å². The van der Waals surface area contributed by atoms with Crippen molar-refractivity contribution in [2.75, 3.05) is 0 Å². The number of hydrogen-bond acceptors (Lipinski definition) is 6. The Hall–Kier alpha value is -4.66. The van der Waals surface area contributed by atoms with Crippen LogP contribution in [0.25, 0.3) is 16.5 Å². The molecule has 4 rings (SSSR count). The molecule has 0 bridgehead atoms. The van der Waals surface area contributed by atoms with Crippen LogP contribution in [0.15, 0.2) is 81.4 Å². The molecule has 0 unspecified atom stereocenters. The van der Waals surface area contributed by atoms with E-state index in [1.165, 1.54) is 12.1 Å². The van der Waals surface area contributed by atoms with E-state index < -0.39 is 23.0 Å². The van der Waals surface area contributed by atoms with Crippen molar-refractivity contribution in [3.05, 3.63) is 98.7 Å². The van der Waals surface area contributed by atoms with Gasteiger partial charge in [0.15, 0.2) is 0 Å². The SMILES string of the molecule is O=C(N/N=C/c1c(O)n(-c2cccc3ccccc23)c(=O)[nH]c1=O)c1ccccc1O. The number of carbonyl (C=O) groups is 1. The summed E-state index contributed by atoms with van der Waals surface area (Å²) >= 11 is 0. The molecule has 0 fully saturated rings. The molecule has 1 aromatic heterocycles. The summed E-state index contributed by atoms with van der Waals surface area (Å²) in [4.78, 5) is 39.0. The average molecular weight is 416 g/mol. The Balaban J connectivity index is 1.74. The lowest BCUT2D eigenvalue weighted by molar-refractivity contribution is 0.0952. The van der Waals surface area contributed by atoms with Crippen molar-refractivity contribution in [2.45, 2.75) is 0 Å². The largest absolute Gasteiger partial charge is 0.507 e. The standard InChI is InChI=1S/C22H16N4O5/c27-18-11-4-3-9-15(18)20(29)25-23-12-16-19(28)24-22(31)26(21(16)30)17-10-5-7-13-6-1-2-8-14(13)17/h1-12,27,30H,(H,25,29)(H,24,28,31)/b23-12+. The number of hydrazone groups is 1. The molecule has 1 heterocycles. The molecule has 0 radical (unpaired) electrons. The highest BCUT2D eigenvalue weighted by molar-refractivity contribution is 5.97. The summed E-state index contributed by atoms with van der Waals surface area (Å²) in [6.45, 7) is 0. The van der Waals surface area contributed by atoms with Crippen LogP contribution >= 0.6 is 0 Å². The summed E-state index contributed by atoms with van der Waals surface area (Å²) in [5.41, 5.74) is 0.487. The fourth-order valence-corrected chi connectivity index (χ4v) is 3.16. The van der Waals surface area contributed by atoms with Gasteiger partial charge in [-0.2, -0.15) is 5.10 Å². The predicted molar refractivity (Wildman–Crippen MR) is 115 cm³/mol. The van der Waals surface area contributed by atoms with Gasteiger partial charge in [0.2, 0.25) is 5.88 Å². The second kappa shape index (κ2) is 7.99. The van der Waals surface area contributed by atoms with Crippen molar-refractivity contribution in [2.24, 2.45) is 5.10 Å². The zero-order valence-electron chi connectivity index (χ0n) is 15.9. The number of para-hydroxylation sites is 1. The highest BCUT2D eigenvalue weighted by Crippen LogP contribution is 2.24. The molecule has 9 nitrogen and oxygen atoms in total. The van der Waals surface area contributed by atoms with E-state index in [1.807, 2.05) is 18.2 Å². The average Bonchev–Trinajstić information content (AvgIpc) is 2.76. The second-order valence-corrected chi connectivity index (χ2v) is 6.55. The van der Waals surface area contributed by atoms with Crippen LogP contribution in [0.3, 0.4) is 0 Å². The van der Waals surface area contributed by atoms with E-state index in [9.17, 15) is 24.6 Å². The van der Waals surface area contributed by atoms with Crippen LogP contribution in [-0.2, 0) is 0 Å². The topological polar surface area (TPSA) is 137 Å². The minimum atomic E-state index is -0.875. The number of hydrogen-bond donors (Lipinski definition) is 4. The Morgan fingerprint density at radius 3 is 2.48 bits per heavy atom. The smallest absolute Gasteiger partial charge is 0.335 e. The monoisotopic (exact) mass is 416 g/mol. The first-order valence-corrected chi connectivity index (χ1v) is 9.15. The Labute approximate surface area is 174 Å². The van der Waals surface area contributed by atoms with Crippen LogP contribution in [0.1, 0.15) is 15.9 Å². The van der Waals surface area contributed by atoms with Gasteiger partial charge in [0.25, 0.3) is 11.5 Å². The van der Waals surface area contributed by atoms with Crippen LogP contribution in [0.4, 0.5) is 0 Å². The molecule has 0 aliphatic rings. The molecule has 0 saturated heterocycles. The quantitative estimate of drug-likeness (QED) is 0.297. The number of amides is 1. The van der Waals surface area contributed by atoms with Crippen molar-refractivity contribution in [3.8, 4) is 17.3 Å². The first kappa shape index (κ1) is 19.6. The minimum absolute atomic E-state index is 0.0153. The summed E-state index contributed by atoms with van der Waals surface area (Å²) in [5.74, 6) is -1.58. The molecule has 0 atom stereocenters. The maximum atomic E-state index is 12.5. The van der Waals surface area contributed by atoms with E-state index in [0.717, 1.165) is 16.2 Å². The molecule has 4 N–H and O–H groups in total. The Morgan fingerprint density at radius 1 is 0.968 bits per heavy atom. The first-order valence-electron chi connectivity index (χ1n) is 9.15. The molecule has 9 heteroatoms. The number of phenolic OH excluding ortho intramolecular Hbond substituents is 1. The molecule has 0 spiro atoms. The molecular weight excluding hydrogens is 400 g/mol. The molecule has 0 saturated carbocycles. The van der Waals surface area contributed by atoms with Crippen LogP contribution in [-0.4, -0.2) is 31.9 Å². The molecule has 0 aliphatic heterocycles. The number of fused-ring (bicyclic) bond motifs is 1. The van der Waals surface area contributed by atoms with E-state index >= 15 is 0 Å². The molecule has 3 aromatic carbocycles. The zero-order chi connectivity index (χ0) is 22.0. The highest BCUT2D eigenvalue weighted by atomic mass is 16.3. The van der Waals surface area contributed by atoms with Crippen molar-refractivity contribution in [3.63, 3.8) is 0 Å². The number of aromatic amines is 1. The van der Waals surface area contributed by atoms with Crippen molar-refractivity contribution >= 4 is 22.9 Å². The minimum Gasteiger partial charge on any atom is -0.507 e. The van der Waals surface area contributed by atoms with E-state index in [4.69, 9.17) is 0 Å². The fourth-order valence-electron chi connectivity index (χ4n) is 3.16. The van der Waals surface area contributed by atoms with Crippen LogP contribution in [0.2, 0.25) is 0 Å². The summed E-state index contributed by atoms with van der Waals surface area (Å²) < 4.78 is 0.954. The third-order valence-electron chi connectivity index (χ3n) is 4.64.